The minimum atomic E-state index is -4.69. The average molecular weight is 611 g/mol. The van der Waals surface area contributed by atoms with Crippen LogP contribution < -0.4 is 15.8 Å². The van der Waals surface area contributed by atoms with Gasteiger partial charge in [0.05, 0.1) is 16.5 Å². The van der Waals surface area contributed by atoms with E-state index >= 15 is 0 Å². The zero-order valence-corrected chi connectivity index (χ0v) is 23.6. The first kappa shape index (κ1) is 32.9. The fourth-order valence-corrected chi connectivity index (χ4v) is 6.66. The number of ether oxygens (including phenoxy) is 1. The maximum absolute atomic E-state index is 13.6. The zero-order valence-electron chi connectivity index (χ0n) is 22.8. The molecule has 4 rings (SSSR count). The van der Waals surface area contributed by atoms with Gasteiger partial charge in [-0.2, -0.15) is 17.5 Å². The molecule has 1 saturated heterocycles. The van der Waals surface area contributed by atoms with Crippen LogP contribution in [0, 0.1) is 0 Å². The summed E-state index contributed by atoms with van der Waals surface area (Å²) in [7, 11) is -3.65. The van der Waals surface area contributed by atoms with E-state index in [9.17, 15) is 31.2 Å². The predicted molar refractivity (Wildman–Crippen MR) is 157 cm³/mol. The molecule has 0 bridgehead atoms. The first-order valence-electron chi connectivity index (χ1n) is 13.5. The van der Waals surface area contributed by atoms with Crippen molar-refractivity contribution in [3.05, 3.63) is 64.4 Å². The number of nitrogens with one attached hydrogen (secondary N) is 2. The summed E-state index contributed by atoms with van der Waals surface area (Å²) in [6.45, 7) is 5.23. The normalized spacial score (nSPS) is 15.6. The minimum Gasteiger partial charge on any atom is -0.447 e. The van der Waals surface area contributed by atoms with Crippen molar-refractivity contribution in [3.63, 3.8) is 0 Å². The quantitative estimate of drug-likeness (QED) is 0.282. The van der Waals surface area contributed by atoms with Gasteiger partial charge < -0.3 is 14.6 Å². The van der Waals surface area contributed by atoms with E-state index in [0.29, 0.717) is 56.3 Å². The van der Waals surface area contributed by atoms with Gasteiger partial charge in [0, 0.05) is 48.0 Å². The van der Waals surface area contributed by atoms with Crippen molar-refractivity contribution in [2.75, 3.05) is 36.5 Å². The highest BCUT2D eigenvalue weighted by Crippen LogP contribution is 2.36. The molecule has 0 aliphatic carbocycles. The van der Waals surface area contributed by atoms with Gasteiger partial charge in [0.15, 0.2) is 0 Å². The summed E-state index contributed by atoms with van der Waals surface area (Å²) >= 11 is 0. The molecule has 2 aromatic carbocycles. The molecule has 0 radical (unpaired) electrons. The standard InChI is InChI=1S/C28H33F3N4O5S.CH4/c1-3-13-34(14-4-2)41(38,39)22-10-7-19(8-11-22)32-27(37)40-18-21-6-5-15-35(21)20-9-12-25-23(16-20)24(28(29,30)31)17-26(36)33-25;/h7-12,16-17,21H,3-6,13-15,18H2,1-2H3,(H,32,37)(H,33,36);1H4/t21-;/m1./s1. The second kappa shape index (κ2) is 13.6. The number of sulfonamides is 1. The number of hydrogen-bond donors (Lipinski definition) is 2. The molecule has 9 nitrogen and oxygen atoms in total. The number of carbonyl (C=O) groups excluding carboxylic acids is 1. The summed E-state index contributed by atoms with van der Waals surface area (Å²) in [6.07, 6.45) is -2.61. The molecule has 0 unspecified atom stereocenters. The lowest BCUT2D eigenvalue weighted by Gasteiger charge is -2.27. The van der Waals surface area contributed by atoms with Crippen LogP contribution in [0.5, 0.6) is 0 Å². The van der Waals surface area contributed by atoms with Gasteiger partial charge >= 0.3 is 12.3 Å². The maximum Gasteiger partial charge on any atom is 0.417 e. The molecule has 1 aliphatic heterocycles. The van der Waals surface area contributed by atoms with Crippen molar-refractivity contribution >= 4 is 38.4 Å². The van der Waals surface area contributed by atoms with E-state index in [1.807, 2.05) is 18.7 Å². The summed E-state index contributed by atoms with van der Waals surface area (Å²) in [5, 5.41) is 2.47. The van der Waals surface area contributed by atoms with E-state index in [1.165, 1.54) is 40.7 Å². The van der Waals surface area contributed by atoms with Crippen LogP contribution in [-0.2, 0) is 20.9 Å². The second-order valence-electron chi connectivity index (χ2n) is 9.92. The van der Waals surface area contributed by atoms with Crippen molar-refractivity contribution in [2.24, 2.45) is 0 Å². The number of fused-ring (bicyclic) bond motifs is 1. The van der Waals surface area contributed by atoms with Crippen LogP contribution in [0.3, 0.4) is 0 Å². The SMILES string of the molecule is C.CCCN(CCC)S(=O)(=O)c1ccc(NC(=O)OC[C@H]2CCCN2c2ccc3[nH]c(=O)cc(C(F)(F)F)c3c2)cc1. The Kier molecular flexibility index (Phi) is 10.7. The average Bonchev–Trinajstić information content (AvgIpc) is 3.39. The molecule has 1 aromatic heterocycles. The summed E-state index contributed by atoms with van der Waals surface area (Å²) in [5.74, 6) is 0. The molecule has 1 aliphatic rings. The van der Waals surface area contributed by atoms with Crippen LogP contribution in [0.25, 0.3) is 10.9 Å². The van der Waals surface area contributed by atoms with Crippen molar-refractivity contribution in [1.29, 1.82) is 0 Å². The molecule has 3 aromatic rings. The lowest BCUT2D eigenvalue weighted by Crippen LogP contribution is -2.34. The largest absolute Gasteiger partial charge is 0.447 e. The summed E-state index contributed by atoms with van der Waals surface area (Å²) in [4.78, 5) is 28.7. The fraction of sp³-hybridized carbons (Fsp3) is 0.448. The van der Waals surface area contributed by atoms with Gasteiger partial charge in [-0.15, -0.1) is 0 Å². The Labute approximate surface area is 243 Å². The molecular weight excluding hydrogens is 573 g/mol. The summed E-state index contributed by atoms with van der Waals surface area (Å²) in [6, 6.07) is 10.6. The predicted octanol–water partition coefficient (Wildman–Crippen LogP) is 6.21. The molecule has 1 fully saturated rings. The Bertz CT molecular complexity index is 1540. The van der Waals surface area contributed by atoms with E-state index in [4.69, 9.17) is 4.74 Å². The molecule has 0 spiro atoms. The van der Waals surface area contributed by atoms with Gasteiger partial charge in [-0.1, -0.05) is 21.3 Å². The maximum atomic E-state index is 13.6. The van der Waals surface area contributed by atoms with E-state index < -0.39 is 33.4 Å². The van der Waals surface area contributed by atoms with Gasteiger partial charge in [0.2, 0.25) is 15.6 Å². The number of rotatable bonds is 10. The first-order chi connectivity index (χ1) is 19.4. The molecule has 42 heavy (non-hydrogen) atoms. The van der Waals surface area contributed by atoms with Crippen LogP contribution >= 0.6 is 0 Å². The van der Waals surface area contributed by atoms with Gasteiger partial charge in [0.25, 0.3) is 0 Å². The number of carbonyl (C=O) groups is 1. The topological polar surface area (TPSA) is 112 Å². The third kappa shape index (κ3) is 7.43. The Morgan fingerprint density at radius 3 is 2.38 bits per heavy atom. The Morgan fingerprint density at radius 1 is 1.10 bits per heavy atom. The number of benzene rings is 2. The summed E-state index contributed by atoms with van der Waals surface area (Å²) in [5.41, 5.74) is -0.868. The number of nitrogens with zero attached hydrogens (tertiary/aromatic N) is 2. The van der Waals surface area contributed by atoms with Crippen molar-refractivity contribution in [1.82, 2.24) is 9.29 Å². The Balaban J connectivity index is 0.00000484. The lowest BCUT2D eigenvalue weighted by molar-refractivity contribution is -0.136. The van der Waals surface area contributed by atoms with Crippen LogP contribution in [0.2, 0.25) is 0 Å². The fourth-order valence-electron chi connectivity index (χ4n) is 5.04. The minimum absolute atomic E-state index is 0. The zero-order chi connectivity index (χ0) is 29.8. The molecular formula is C29H37F3N4O5S. The highest BCUT2D eigenvalue weighted by atomic mass is 32.2. The third-order valence-electron chi connectivity index (χ3n) is 6.93. The Hall–Kier alpha value is -3.58. The monoisotopic (exact) mass is 610 g/mol. The van der Waals surface area contributed by atoms with Gasteiger partial charge in [-0.3, -0.25) is 10.1 Å². The molecule has 0 saturated carbocycles. The van der Waals surface area contributed by atoms with E-state index in [-0.39, 0.29) is 35.9 Å². The number of alkyl halides is 3. The van der Waals surface area contributed by atoms with E-state index in [1.54, 1.807) is 6.07 Å². The number of halogens is 3. The number of H-pyrrole nitrogens is 1. The number of pyridine rings is 1. The second-order valence-corrected chi connectivity index (χ2v) is 11.9. The van der Waals surface area contributed by atoms with Crippen molar-refractivity contribution in [2.45, 2.75) is 64.1 Å². The van der Waals surface area contributed by atoms with Gasteiger partial charge in [-0.25, -0.2) is 13.2 Å². The number of anilines is 2. The van der Waals surface area contributed by atoms with Crippen LogP contribution in [0.1, 0.15) is 52.5 Å². The highest BCUT2D eigenvalue weighted by Gasteiger charge is 2.34. The van der Waals surface area contributed by atoms with E-state index in [0.717, 1.165) is 6.42 Å². The molecule has 2 heterocycles. The molecule has 1 amide bonds. The van der Waals surface area contributed by atoms with Crippen LogP contribution in [0.4, 0.5) is 29.3 Å². The van der Waals surface area contributed by atoms with E-state index in [2.05, 4.69) is 10.3 Å². The molecule has 230 valence electrons. The Morgan fingerprint density at radius 2 is 1.76 bits per heavy atom. The lowest BCUT2D eigenvalue weighted by atomic mass is 10.1. The number of amides is 1. The molecule has 1 atom stereocenters. The van der Waals surface area contributed by atoms with Gasteiger partial charge in [-0.05, 0) is 68.1 Å². The number of aromatic amines is 1. The molecule has 13 heteroatoms. The molecule has 2 N–H and O–H groups in total. The number of hydrogen-bond acceptors (Lipinski definition) is 6. The highest BCUT2D eigenvalue weighted by molar-refractivity contribution is 7.89. The van der Waals surface area contributed by atoms with Gasteiger partial charge in [0.1, 0.15) is 6.61 Å². The summed E-state index contributed by atoms with van der Waals surface area (Å²) < 4.78 is 73.5. The third-order valence-corrected chi connectivity index (χ3v) is 8.84. The van der Waals surface area contributed by atoms with Crippen molar-refractivity contribution in [3.8, 4) is 0 Å². The van der Waals surface area contributed by atoms with Crippen LogP contribution in [-0.4, -0.2) is 56.1 Å². The first-order valence-corrected chi connectivity index (χ1v) is 14.9. The van der Waals surface area contributed by atoms with Crippen LogP contribution in [0.15, 0.2) is 58.2 Å². The number of aromatic nitrogens is 1. The smallest absolute Gasteiger partial charge is 0.417 e. The van der Waals surface area contributed by atoms with Crippen molar-refractivity contribution < 1.29 is 31.1 Å².